The summed E-state index contributed by atoms with van der Waals surface area (Å²) < 4.78 is 5.20. The lowest BCUT2D eigenvalue weighted by molar-refractivity contribution is -0.113. The van der Waals surface area contributed by atoms with Crippen molar-refractivity contribution >= 4 is 35.0 Å². The molecular formula is C17H14ClN3O2S. The van der Waals surface area contributed by atoms with Gasteiger partial charge >= 0.3 is 0 Å². The van der Waals surface area contributed by atoms with Crippen molar-refractivity contribution in [1.82, 2.24) is 10.1 Å². The van der Waals surface area contributed by atoms with Crippen LogP contribution >= 0.6 is 23.4 Å². The Labute approximate surface area is 148 Å². The molecule has 0 spiro atoms. The van der Waals surface area contributed by atoms with Crippen LogP contribution in [0.5, 0.6) is 0 Å². The number of benzene rings is 2. The molecule has 0 radical (unpaired) electrons. The van der Waals surface area contributed by atoms with Crippen LogP contribution in [0, 0.1) is 0 Å². The van der Waals surface area contributed by atoms with E-state index in [-0.39, 0.29) is 5.91 Å². The minimum absolute atomic E-state index is 0.0925. The molecular weight excluding hydrogens is 346 g/mol. The molecule has 1 aromatic heterocycles. The summed E-state index contributed by atoms with van der Waals surface area (Å²) in [7, 11) is 0. The Morgan fingerprint density at radius 2 is 1.88 bits per heavy atom. The van der Waals surface area contributed by atoms with Gasteiger partial charge in [0.15, 0.2) is 0 Å². The predicted octanol–water partition coefficient (Wildman–Crippen LogP) is 4.26. The molecule has 5 nitrogen and oxygen atoms in total. The summed E-state index contributed by atoms with van der Waals surface area (Å²) in [4.78, 5) is 16.2. The van der Waals surface area contributed by atoms with Crippen molar-refractivity contribution < 1.29 is 9.32 Å². The van der Waals surface area contributed by atoms with Crippen molar-refractivity contribution in [2.24, 2.45) is 0 Å². The topological polar surface area (TPSA) is 68.0 Å². The van der Waals surface area contributed by atoms with E-state index in [9.17, 15) is 4.79 Å². The number of halogens is 1. The molecule has 0 aliphatic rings. The van der Waals surface area contributed by atoms with E-state index < -0.39 is 0 Å². The van der Waals surface area contributed by atoms with Gasteiger partial charge in [0.25, 0.3) is 0 Å². The van der Waals surface area contributed by atoms with Crippen LogP contribution in [0.15, 0.2) is 59.1 Å². The fourth-order valence-electron chi connectivity index (χ4n) is 1.98. The van der Waals surface area contributed by atoms with Gasteiger partial charge < -0.3 is 9.84 Å². The summed E-state index contributed by atoms with van der Waals surface area (Å²) in [6.07, 6.45) is 0. The van der Waals surface area contributed by atoms with Gasteiger partial charge in [0.2, 0.25) is 17.6 Å². The van der Waals surface area contributed by atoms with Gasteiger partial charge in [0.05, 0.1) is 11.5 Å². The largest absolute Gasteiger partial charge is 0.338 e. The van der Waals surface area contributed by atoms with Gasteiger partial charge in [-0.15, -0.1) is 11.8 Å². The van der Waals surface area contributed by atoms with Gasteiger partial charge in [-0.3, -0.25) is 4.79 Å². The minimum Gasteiger partial charge on any atom is -0.338 e. The minimum atomic E-state index is -0.0925. The Morgan fingerprint density at radius 3 is 2.62 bits per heavy atom. The van der Waals surface area contributed by atoms with E-state index in [1.807, 2.05) is 30.3 Å². The molecule has 0 saturated carbocycles. The van der Waals surface area contributed by atoms with E-state index in [1.54, 1.807) is 24.3 Å². The van der Waals surface area contributed by atoms with Crippen LogP contribution in [-0.4, -0.2) is 21.8 Å². The standard InChI is InChI=1S/C17H14ClN3O2S/c18-13-6-8-14(9-7-13)19-15(22)10-24-11-16-20-17(21-23-16)12-4-2-1-3-5-12/h1-9H,10-11H2,(H,19,22). The summed E-state index contributed by atoms with van der Waals surface area (Å²) in [5, 5.41) is 7.38. The Hall–Kier alpha value is -2.31. The van der Waals surface area contributed by atoms with Crippen LogP contribution in [0.3, 0.4) is 0 Å². The molecule has 3 aromatic rings. The van der Waals surface area contributed by atoms with Gasteiger partial charge in [-0.1, -0.05) is 47.1 Å². The van der Waals surface area contributed by atoms with Gasteiger partial charge in [0, 0.05) is 16.3 Å². The third kappa shape index (κ3) is 4.59. The van der Waals surface area contributed by atoms with Crippen molar-refractivity contribution in [2.45, 2.75) is 5.75 Å². The predicted molar refractivity (Wildman–Crippen MR) is 96.0 cm³/mol. The highest BCUT2D eigenvalue weighted by atomic mass is 35.5. The molecule has 0 bridgehead atoms. The smallest absolute Gasteiger partial charge is 0.236 e. The molecule has 0 fully saturated rings. The zero-order valence-electron chi connectivity index (χ0n) is 12.6. The van der Waals surface area contributed by atoms with Crippen molar-refractivity contribution in [3.63, 3.8) is 0 Å². The number of aromatic nitrogens is 2. The normalized spacial score (nSPS) is 10.5. The molecule has 1 N–H and O–H groups in total. The second kappa shape index (κ2) is 7.99. The summed E-state index contributed by atoms with van der Waals surface area (Å²) in [5.74, 6) is 1.74. The number of rotatable bonds is 6. The van der Waals surface area contributed by atoms with Crippen LogP contribution < -0.4 is 5.32 Å². The van der Waals surface area contributed by atoms with E-state index >= 15 is 0 Å². The van der Waals surface area contributed by atoms with Crippen LogP contribution in [0.25, 0.3) is 11.4 Å². The number of carbonyl (C=O) groups excluding carboxylic acids is 1. The van der Waals surface area contributed by atoms with Crippen molar-refractivity contribution in [3.05, 3.63) is 65.5 Å². The Morgan fingerprint density at radius 1 is 1.12 bits per heavy atom. The number of thioether (sulfide) groups is 1. The number of hydrogen-bond acceptors (Lipinski definition) is 5. The SMILES string of the molecule is O=C(CSCc1nc(-c2ccccc2)no1)Nc1ccc(Cl)cc1. The summed E-state index contributed by atoms with van der Waals surface area (Å²) in [5.41, 5.74) is 1.62. The van der Waals surface area contributed by atoms with Crippen LogP contribution in [0.2, 0.25) is 5.02 Å². The lowest BCUT2D eigenvalue weighted by atomic mass is 10.2. The lowest BCUT2D eigenvalue weighted by Crippen LogP contribution is -2.14. The zero-order chi connectivity index (χ0) is 16.8. The summed E-state index contributed by atoms with van der Waals surface area (Å²) >= 11 is 7.22. The van der Waals surface area contributed by atoms with Crippen LogP contribution in [0.4, 0.5) is 5.69 Å². The first-order valence-electron chi connectivity index (χ1n) is 7.22. The molecule has 0 atom stereocenters. The van der Waals surface area contributed by atoms with Crippen LogP contribution in [0.1, 0.15) is 5.89 Å². The van der Waals surface area contributed by atoms with Gasteiger partial charge in [-0.25, -0.2) is 0 Å². The first-order valence-corrected chi connectivity index (χ1v) is 8.75. The molecule has 24 heavy (non-hydrogen) atoms. The molecule has 2 aromatic carbocycles. The first-order chi connectivity index (χ1) is 11.7. The molecule has 0 aliphatic carbocycles. The molecule has 3 rings (SSSR count). The van der Waals surface area contributed by atoms with Crippen molar-refractivity contribution in [2.75, 3.05) is 11.1 Å². The highest BCUT2D eigenvalue weighted by Crippen LogP contribution is 2.18. The van der Waals surface area contributed by atoms with E-state index in [0.717, 1.165) is 5.56 Å². The third-order valence-corrected chi connectivity index (χ3v) is 4.26. The van der Waals surface area contributed by atoms with Crippen LogP contribution in [-0.2, 0) is 10.5 Å². The first kappa shape index (κ1) is 16.5. The number of anilines is 1. The second-order valence-corrected chi connectivity index (χ2v) is 6.35. The monoisotopic (exact) mass is 359 g/mol. The van der Waals surface area contributed by atoms with E-state index in [1.165, 1.54) is 11.8 Å². The zero-order valence-corrected chi connectivity index (χ0v) is 14.2. The number of hydrogen-bond donors (Lipinski definition) is 1. The summed E-state index contributed by atoms with van der Waals surface area (Å²) in [6.45, 7) is 0. The highest BCUT2D eigenvalue weighted by Gasteiger charge is 2.09. The average Bonchev–Trinajstić information content (AvgIpc) is 3.07. The average molecular weight is 360 g/mol. The highest BCUT2D eigenvalue weighted by molar-refractivity contribution is 7.99. The maximum absolute atomic E-state index is 11.9. The lowest BCUT2D eigenvalue weighted by Gasteiger charge is -2.04. The number of nitrogens with one attached hydrogen (secondary N) is 1. The second-order valence-electron chi connectivity index (χ2n) is 4.93. The van der Waals surface area contributed by atoms with E-state index in [2.05, 4.69) is 15.5 Å². The van der Waals surface area contributed by atoms with Crippen molar-refractivity contribution in [1.29, 1.82) is 0 Å². The number of amides is 1. The molecule has 1 heterocycles. The molecule has 122 valence electrons. The third-order valence-electron chi connectivity index (χ3n) is 3.09. The number of nitrogens with zero attached hydrogens (tertiary/aromatic N) is 2. The van der Waals surface area contributed by atoms with E-state index in [4.69, 9.17) is 16.1 Å². The Bertz CT molecular complexity index is 806. The molecule has 1 amide bonds. The van der Waals surface area contributed by atoms with Gasteiger partial charge in [-0.2, -0.15) is 4.98 Å². The fraction of sp³-hybridized carbons (Fsp3) is 0.118. The van der Waals surface area contributed by atoms with Crippen molar-refractivity contribution in [3.8, 4) is 11.4 Å². The number of carbonyl (C=O) groups is 1. The Kier molecular flexibility index (Phi) is 5.51. The molecule has 0 unspecified atom stereocenters. The van der Waals surface area contributed by atoms with E-state index in [0.29, 0.717) is 33.9 Å². The van der Waals surface area contributed by atoms with Gasteiger partial charge in [-0.05, 0) is 24.3 Å². The molecule has 0 aliphatic heterocycles. The fourth-order valence-corrected chi connectivity index (χ4v) is 2.76. The van der Waals surface area contributed by atoms with Gasteiger partial charge in [0.1, 0.15) is 0 Å². The Balaban J connectivity index is 1.47. The quantitative estimate of drug-likeness (QED) is 0.712. The maximum Gasteiger partial charge on any atom is 0.236 e. The summed E-state index contributed by atoms with van der Waals surface area (Å²) in [6, 6.07) is 16.6. The molecule has 0 saturated heterocycles. The maximum atomic E-state index is 11.9. The molecule has 7 heteroatoms.